The molecular weight excluding hydrogens is 371 g/mol. The van der Waals surface area contributed by atoms with Crippen molar-refractivity contribution in [3.8, 4) is 0 Å². The molecule has 2 aliphatic rings. The Kier molecular flexibility index (Phi) is 9.34. The molecule has 0 bridgehead atoms. The molecule has 2 aliphatic heterocycles. The maximum atomic E-state index is 12.6. The fourth-order valence-corrected chi connectivity index (χ4v) is 3.72. The molecule has 3 rings (SSSR count). The molecule has 2 saturated heterocycles. The minimum Gasteiger partial charge on any atom is -0.339 e. The summed E-state index contributed by atoms with van der Waals surface area (Å²) in [7, 11) is 0. The lowest BCUT2D eigenvalue weighted by atomic mass is 9.90. The van der Waals surface area contributed by atoms with Gasteiger partial charge in [0.05, 0.1) is 6.54 Å². The Balaban J connectivity index is 0.00000169. The largest absolute Gasteiger partial charge is 0.339 e. The Morgan fingerprint density at radius 1 is 1.04 bits per heavy atom. The SMILES string of the molecule is CC1(CN)CCN(CC(=O)N2CCN(Cc3ccccc3)CC2)C1.Cl.Cl. The third kappa shape index (κ3) is 6.10. The summed E-state index contributed by atoms with van der Waals surface area (Å²) >= 11 is 0. The molecular formula is C19H32Cl2N4O. The fraction of sp³-hybridized carbons (Fsp3) is 0.632. The van der Waals surface area contributed by atoms with Gasteiger partial charge in [0, 0.05) is 39.3 Å². The summed E-state index contributed by atoms with van der Waals surface area (Å²) in [6.45, 7) is 9.99. The van der Waals surface area contributed by atoms with Crippen molar-refractivity contribution in [1.82, 2.24) is 14.7 Å². The van der Waals surface area contributed by atoms with Gasteiger partial charge in [-0.2, -0.15) is 0 Å². The first kappa shape index (κ1) is 23.2. The van der Waals surface area contributed by atoms with Crippen molar-refractivity contribution in [2.45, 2.75) is 19.9 Å². The van der Waals surface area contributed by atoms with Gasteiger partial charge in [-0.1, -0.05) is 37.3 Å². The first-order valence-electron chi connectivity index (χ1n) is 9.04. The van der Waals surface area contributed by atoms with E-state index in [1.165, 1.54) is 5.56 Å². The van der Waals surface area contributed by atoms with E-state index < -0.39 is 0 Å². The predicted octanol–water partition coefficient (Wildman–Crippen LogP) is 1.85. The van der Waals surface area contributed by atoms with E-state index in [9.17, 15) is 4.79 Å². The van der Waals surface area contributed by atoms with Gasteiger partial charge in [-0.15, -0.1) is 24.8 Å². The van der Waals surface area contributed by atoms with Gasteiger partial charge < -0.3 is 10.6 Å². The van der Waals surface area contributed by atoms with E-state index in [0.717, 1.165) is 52.2 Å². The zero-order chi connectivity index (χ0) is 17.0. The van der Waals surface area contributed by atoms with Crippen LogP contribution in [0.4, 0.5) is 0 Å². The van der Waals surface area contributed by atoms with Crippen LogP contribution >= 0.6 is 24.8 Å². The summed E-state index contributed by atoms with van der Waals surface area (Å²) in [4.78, 5) is 19.3. The van der Waals surface area contributed by atoms with Crippen molar-refractivity contribution in [2.24, 2.45) is 11.1 Å². The first-order valence-corrected chi connectivity index (χ1v) is 9.04. The van der Waals surface area contributed by atoms with Gasteiger partial charge in [-0.3, -0.25) is 14.6 Å². The zero-order valence-corrected chi connectivity index (χ0v) is 17.2. The first-order chi connectivity index (χ1) is 11.6. The number of halogens is 2. The van der Waals surface area contributed by atoms with Gasteiger partial charge >= 0.3 is 0 Å². The normalized spacial score (nSPS) is 24.0. The Bertz CT molecular complexity index is 552. The van der Waals surface area contributed by atoms with Gasteiger partial charge in [-0.25, -0.2) is 0 Å². The summed E-state index contributed by atoms with van der Waals surface area (Å²) in [5.74, 6) is 0.274. The van der Waals surface area contributed by atoms with E-state index in [2.05, 4.69) is 41.0 Å². The number of likely N-dealkylation sites (tertiary alicyclic amines) is 1. The molecule has 0 aliphatic carbocycles. The molecule has 5 nitrogen and oxygen atoms in total. The minimum atomic E-state index is 0. The van der Waals surface area contributed by atoms with Crippen LogP contribution in [0.2, 0.25) is 0 Å². The van der Waals surface area contributed by atoms with Crippen molar-refractivity contribution in [2.75, 3.05) is 52.4 Å². The van der Waals surface area contributed by atoms with Crippen LogP contribution < -0.4 is 5.73 Å². The predicted molar refractivity (Wildman–Crippen MR) is 111 cm³/mol. The fourth-order valence-electron chi connectivity index (χ4n) is 3.72. The molecule has 0 aromatic heterocycles. The standard InChI is InChI=1S/C19H30N4O.2ClH/c1-19(15-20)7-8-22(16-19)14-18(24)23-11-9-21(10-12-23)13-17-5-3-2-4-6-17;;/h2-6H,7-16,20H2,1H3;2*1H. The Morgan fingerprint density at radius 2 is 1.69 bits per heavy atom. The quantitative estimate of drug-likeness (QED) is 0.816. The molecule has 26 heavy (non-hydrogen) atoms. The van der Waals surface area contributed by atoms with Gasteiger partial charge in [0.2, 0.25) is 5.91 Å². The van der Waals surface area contributed by atoms with Crippen LogP contribution in [0.15, 0.2) is 30.3 Å². The highest BCUT2D eigenvalue weighted by molar-refractivity contribution is 5.85. The maximum Gasteiger partial charge on any atom is 0.236 e. The second-order valence-electron chi connectivity index (χ2n) is 7.62. The number of carbonyl (C=O) groups is 1. The van der Waals surface area contributed by atoms with Crippen LogP contribution in [0.25, 0.3) is 0 Å². The zero-order valence-electron chi connectivity index (χ0n) is 15.6. The average molecular weight is 403 g/mol. The third-order valence-electron chi connectivity index (χ3n) is 5.46. The topological polar surface area (TPSA) is 52.8 Å². The number of amides is 1. The van der Waals surface area contributed by atoms with Crippen molar-refractivity contribution in [3.05, 3.63) is 35.9 Å². The molecule has 1 unspecified atom stereocenters. The summed E-state index contributed by atoms with van der Waals surface area (Å²) < 4.78 is 0. The van der Waals surface area contributed by atoms with Crippen molar-refractivity contribution in [3.63, 3.8) is 0 Å². The molecule has 1 aromatic rings. The second kappa shape index (κ2) is 10.5. The number of rotatable bonds is 5. The van der Waals surface area contributed by atoms with E-state index in [-0.39, 0.29) is 36.1 Å². The number of hydrogen-bond donors (Lipinski definition) is 1. The van der Waals surface area contributed by atoms with Crippen molar-refractivity contribution >= 4 is 30.7 Å². The molecule has 0 saturated carbocycles. The van der Waals surface area contributed by atoms with E-state index in [0.29, 0.717) is 13.1 Å². The Labute approximate surface area is 169 Å². The molecule has 2 fully saturated rings. The molecule has 148 valence electrons. The number of nitrogens with two attached hydrogens (primary N) is 1. The molecule has 0 spiro atoms. The van der Waals surface area contributed by atoms with Crippen LogP contribution in [0.5, 0.6) is 0 Å². The Hall–Kier alpha value is -0.850. The summed E-state index contributed by atoms with van der Waals surface area (Å²) in [6.07, 6.45) is 1.10. The van der Waals surface area contributed by atoms with Gasteiger partial charge in [0.25, 0.3) is 0 Å². The summed E-state index contributed by atoms with van der Waals surface area (Å²) in [5, 5.41) is 0. The molecule has 7 heteroatoms. The van der Waals surface area contributed by atoms with E-state index in [1.54, 1.807) is 0 Å². The van der Waals surface area contributed by atoms with Crippen LogP contribution in [-0.2, 0) is 11.3 Å². The lowest BCUT2D eigenvalue weighted by Crippen LogP contribution is -2.50. The number of carbonyl (C=O) groups excluding carboxylic acids is 1. The number of nitrogens with zero attached hydrogens (tertiary/aromatic N) is 3. The summed E-state index contributed by atoms with van der Waals surface area (Å²) in [5.41, 5.74) is 7.39. The van der Waals surface area contributed by atoms with Gasteiger partial charge in [-0.05, 0) is 30.5 Å². The highest BCUT2D eigenvalue weighted by Gasteiger charge is 2.34. The van der Waals surface area contributed by atoms with Crippen molar-refractivity contribution < 1.29 is 4.79 Å². The smallest absolute Gasteiger partial charge is 0.236 e. The van der Waals surface area contributed by atoms with Crippen LogP contribution in [0.1, 0.15) is 18.9 Å². The molecule has 1 amide bonds. The average Bonchev–Trinajstić information content (AvgIpc) is 2.98. The number of hydrogen-bond acceptors (Lipinski definition) is 4. The second-order valence-corrected chi connectivity index (χ2v) is 7.62. The van der Waals surface area contributed by atoms with E-state index >= 15 is 0 Å². The highest BCUT2D eigenvalue weighted by Crippen LogP contribution is 2.28. The number of piperazine rings is 1. The Morgan fingerprint density at radius 3 is 2.27 bits per heavy atom. The maximum absolute atomic E-state index is 12.6. The highest BCUT2D eigenvalue weighted by atomic mass is 35.5. The van der Waals surface area contributed by atoms with Crippen LogP contribution in [0, 0.1) is 5.41 Å². The third-order valence-corrected chi connectivity index (χ3v) is 5.46. The van der Waals surface area contributed by atoms with Gasteiger partial charge in [0.15, 0.2) is 0 Å². The molecule has 2 heterocycles. The molecule has 0 radical (unpaired) electrons. The minimum absolute atomic E-state index is 0. The van der Waals surface area contributed by atoms with E-state index in [4.69, 9.17) is 5.73 Å². The van der Waals surface area contributed by atoms with Crippen LogP contribution in [-0.4, -0.2) is 73.0 Å². The van der Waals surface area contributed by atoms with E-state index in [1.807, 2.05) is 11.0 Å². The molecule has 1 aromatic carbocycles. The monoisotopic (exact) mass is 402 g/mol. The molecule has 1 atom stereocenters. The van der Waals surface area contributed by atoms with Crippen LogP contribution in [0.3, 0.4) is 0 Å². The lowest BCUT2D eigenvalue weighted by molar-refractivity contribution is -0.134. The van der Waals surface area contributed by atoms with Gasteiger partial charge in [0.1, 0.15) is 0 Å². The number of benzene rings is 1. The summed E-state index contributed by atoms with van der Waals surface area (Å²) in [6, 6.07) is 10.5. The lowest BCUT2D eigenvalue weighted by Gasteiger charge is -2.35. The van der Waals surface area contributed by atoms with Crippen molar-refractivity contribution in [1.29, 1.82) is 0 Å². The molecule has 2 N–H and O–H groups in total.